The van der Waals surface area contributed by atoms with Crippen LogP contribution in [0.4, 0.5) is 0 Å². The van der Waals surface area contributed by atoms with E-state index in [1.54, 1.807) is 0 Å². The maximum Gasteiger partial charge on any atom is 0.174 e. The lowest BCUT2D eigenvalue weighted by atomic mass is 9.92. The van der Waals surface area contributed by atoms with Gasteiger partial charge in [0.15, 0.2) is 6.61 Å². The average Bonchev–Trinajstić information content (AvgIpc) is 2.33. The quantitative estimate of drug-likeness (QED) is 0.724. The molecule has 0 saturated heterocycles. The molecule has 0 N–H and O–H groups in total. The summed E-state index contributed by atoms with van der Waals surface area (Å²) in [5, 5.41) is 8.46. The lowest BCUT2D eigenvalue weighted by Crippen LogP contribution is -1.99. The largest absolute Gasteiger partial charge is 0.479 e. The van der Waals surface area contributed by atoms with E-state index >= 15 is 0 Å². The molecule has 2 heteroatoms. The summed E-state index contributed by atoms with van der Waals surface area (Å²) in [5.41, 5.74) is 1.32. The molecule has 0 radical (unpaired) electrons. The first-order chi connectivity index (χ1) is 7.81. The smallest absolute Gasteiger partial charge is 0.174 e. The minimum Gasteiger partial charge on any atom is -0.479 e. The Morgan fingerprint density at radius 2 is 2.19 bits per heavy atom. The highest BCUT2D eigenvalue weighted by Crippen LogP contribution is 2.27. The molecule has 0 fully saturated rings. The molecule has 1 aromatic carbocycles. The molecular formula is C14H19NO. The van der Waals surface area contributed by atoms with Gasteiger partial charge in [-0.25, -0.2) is 0 Å². The highest BCUT2D eigenvalue weighted by atomic mass is 16.5. The van der Waals surface area contributed by atoms with Crippen LogP contribution in [0.5, 0.6) is 5.75 Å². The van der Waals surface area contributed by atoms with Crippen molar-refractivity contribution in [2.45, 2.75) is 39.0 Å². The van der Waals surface area contributed by atoms with Crippen molar-refractivity contribution >= 4 is 0 Å². The molecule has 1 rings (SSSR count). The third-order valence-electron chi connectivity index (χ3n) is 2.76. The van der Waals surface area contributed by atoms with Crippen molar-refractivity contribution in [3.63, 3.8) is 0 Å². The Labute approximate surface area is 97.9 Å². The van der Waals surface area contributed by atoms with Crippen molar-refractivity contribution in [3.05, 3.63) is 29.8 Å². The zero-order valence-electron chi connectivity index (χ0n) is 10.1. The first-order valence-electron chi connectivity index (χ1n) is 5.91. The van der Waals surface area contributed by atoms with Crippen molar-refractivity contribution in [2.75, 3.05) is 6.61 Å². The fourth-order valence-electron chi connectivity index (χ4n) is 1.93. The molecule has 0 spiro atoms. The number of nitrogens with zero attached hydrogens (tertiary/aromatic N) is 1. The lowest BCUT2D eigenvalue weighted by molar-refractivity contribution is 0.367. The Bertz CT molecular complexity index is 354. The van der Waals surface area contributed by atoms with Crippen molar-refractivity contribution in [1.29, 1.82) is 5.26 Å². The fourth-order valence-corrected chi connectivity index (χ4v) is 1.93. The number of nitriles is 1. The molecule has 0 amide bonds. The number of ether oxygens (including phenoxy) is 1. The molecule has 1 atom stereocenters. The number of hydrogen-bond acceptors (Lipinski definition) is 2. The molecule has 1 aromatic rings. The Morgan fingerprint density at radius 1 is 1.38 bits per heavy atom. The third kappa shape index (κ3) is 3.58. The summed E-state index contributed by atoms with van der Waals surface area (Å²) in [6.45, 7) is 4.54. The summed E-state index contributed by atoms with van der Waals surface area (Å²) in [4.78, 5) is 0. The van der Waals surface area contributed by atoms with Gasteiger partial charge in [-0.05, 0) is 36.5 Å². The Morgan fingerprint density at radius 3 is 2.81 bits per heavy atom. The van der Waals surface area contributed by atoms with E-state index in [9.17, 15) is 0 Å². The SMILES string of the molecule is CCCC(CC)c1cccc(OCC#N)c1. The van der Waals surface area contributed by atoms with E-state index in [1.807, 2.05) is 18.2 Å². The van der Waals surface area contributed by atoms with Crippen LogP contribution in [0.2, 0.25) is 0 Å². The molecule has 0 saturated carbocycles. The van der Waals surface area contributed by atoms with E-state index in [0.29, 0.717) is 5.92 Å². The van der Waals surface area contributed by atoms with Gasteiger partial charge in [0, 0.05) is 0 Å². The van der Waals surface area contributed by atoms with Crippen LogP contribution in [-0.4, -0.2) is 6.61 Å². The van der Waals surface area contributed by atoms with Crippen LogP contribution in [0.15, 0.2) is 24.3 Å². The summed E-state index contributed by atoms with van der Waals surface area (Å²) < 4.78 is 5.31. The van der Waals surface area contributed by atoms with Gasteiger partial charge in [-0.3, -0.25) is 0 Å². The van der Waals surface area contributed by atoms with Gasteiger partial charge in [0.25, 0.3) is 0 Å². The Hall–Kier alpha value is -1.49. The minimum absolute atomic E-state index is 0.119. The maximum absolute atomic E-state index is 8.46. The topological polar surface area (TPSA) is 33.0 Å². The normalized spacial score (nSPS) is 11.8. The van der Waals surface area contributed by atoms with Crippen molar-refractivity contribution in [2.24, 2.45) is 0 Å². The second kappa shape index (κ2) is 6.90. The molecular weight excluding hydrogens is 198 g/mol. The molecule has 0 heterocycles. The first-order valence-corrected chi connectivity index (χ1v) is 5.91. The van der Waals surface area contributed by atoms with Gasteiger partial charge in [-0.1, -0.05) is 32.4 Å². The van der Waals surface area contributed by atoms with Gasteiger partial charge in [0.2, 0.25) is 0 Å². The van der Waals surface area contributed by atoms with Crippen LogP contribution in [-0.2, 0) is 0 Å². The molecule has 0 aliphatic rings. The maximum atomic E-state index is 8.46. The lowest BCUT2D eigenvalue weighted by Gasteiger charge is -2.15. The van der Waals surface area contributed by atoms with E-state index in [1.165, 1.54) is 18.4 Å². The van der Waals surface area contributed by atoms with Crippen molar-refractivity contribution in [1.82, 2.24) is 0 Å². The third-order valence-corrected chi connectivity index (χ3v) is 2.76. The Kier molecular flexibility index (Phi) is 5.42. The number of hydrogen-bond donors (Lipinski definition) is 0. The predicted octanol–water partition coefficient (Wildman–Crippen LogP) is 3.88. The average molecular weight is 217 g/mol. The highest BCUT2D eigenvalue weighted by Gasteiger charge is 2.08. The molecule has 0 aromatic heterocycles. The van der Waals surface area contributed by atoms with Crippen LogP contribution in [0.3, 0.4) is 0 Å². The minimum atomic E-state index is 0.119. The Balaban J connectivity index is 2.75. The van der Waals surface area contributed by atoms with Crippen LogP contribution < -0.4 is 4.74 Å². The van der Waals surface area contributed by atoms with E-state index in [2.05, 4.69) is 26.0 Å². The molecule has 2 nitrogen and oxygen atoms in total. The molecule has 0 aliphatic carbocycles. The van der Waals surface area contributed by atoms with Gasteiger partial charge in [0.1, 0.15) is 11.8 Å². The van der Waals surface area contributed by atoms with Crippen molar-refractivity contribution < 1.29 is 4.74 Å². The van der Waals surface area contributed by atoms with E-state index in [0.717, 1.165) is 12.2 Å². The fraction of sp³-hybridized carbons (Fsp3) is 0.500. The second-order valence-electron chi connectivity index (χ2n) is 3.91. The molecule has 86 valence electrons. The van der Waals surface area contributed by atoms with Crippen LogP contribution in [0.25, 0.3) is 0 Å². The van der Waals surface area contributed by atoms with Gasteiger partial charge in [-0.2, -0.15) is 5.26 Å². The van der Waals surface area contributed by atoms with Crippen LogP contribution >= 0.6 is 0 Å². The molecule has 16 heavy (non-hydrogen) atoms. The number of benzene rings is 1. The van der Waals surface area contributed by atoms with Gasteiger partial charge in [-0.15, -0.1) is 0 Å². The predicted molar refractivity (Wildman–Crippen MR) is 65.5 cm³/mol. The highest BCUT2D eigenvalue weighted by molar-refractivity contribution is 5.31. The van der Waals surface area contributed by atoms with Crippen molar-refractivity contribution in [3.8, 4) is 11.8 Å². The monoisotopic (exact) mass is 217 g/mol. The summed E-state index contributed by atoms with van der Waals surface area (Å²) >= 11 is 0. The van der Waals surface area contributed by atoms with E-state index < -0.39 is 0 Å². The standard InChI is InChI=1S/C14H19NO/c1-3-6-12(4-2)13-7-5-8-14(11-13)16-10-9-15/h5,7-8,11-12H,3-4,6,10H2,1-2H3. The second-order valence-corrected chi connectivity index (χ2v) is 3.91. The van der Waals surface area contributed by atoms with E-state index in [4.69, 9.17) is 10.00 Å². The summed E-state index contributed by atoms with van der Waals surface area (Å²) in [6, 6.07) is 10.1. The number of rotatable bonds is 6. The molecule has 1 unspecified atom stereocenters. The summed E-state index contributed by atoms with van der Waals surface area (Å²) in [7, 11) is 0. The van der Waals surface area contributed by atoms with Gasteiger partial charge in [0.05, 0.1) is 0 Å². The first kappa shape index (κ1) is 12.6. The molecule has 0 bridgehead atoms. The van der Waals surface area contributed by atoms with Crippen LogP contribution in [0, 0.1) is 11.3 Å². The zero-order valence-corrected chi connectivity index (χ0v) is 10.1. The van der Waals surface area contributed by atoms with Gasteiger partial charge < -0.3 is 4.74 Å². The van der Waals surface area contributed by atoms with Gasteiger partial charge >= 0.3 is 0 Å². The summed E-state index contributed by atoms with van der Waals surface area (Å²) in [5.74, 6) is 1.41. The zero-order chi connectivity index (χ0) is 11.8. The van der Waals surface area contributed by atoms with Crippen LogP contribution in [0.1, 0.15) is 44.6 Å². The molecule has 0 aliphatic heterocycles. The van der Waals surface area contributed by atoms with E-state index in [-0.39, 0.29) is 6.61 Å². The summed E-state index contributed by atoms with van der Waals surface area (Å²) in [6.07, 6.45) is 3.55.